The third-order valence-electron chi connectivity index (χ3n) is 3.48. The van der Waals surface area contributed by atoms with Crippen LogP contribution >= 0.6 is 34.8 Å². The van der Waals surface area contributed by atoms with E-state index < -0.39 is 0 Å². The van der Waals surface area contributed by atoms with Crippen LogP contribution in [-0.4, -0.2) is 29.8 Å². The van der Waals surface area contributed by atoms with Crippen molar-refractivity contribution in [1.29, 1.82) is 0 Å². The Labute approximate surface area is 128 Å². The highest BCUT2D eigenvalue weighted by molar-refractivity contribution is 6.42. The predicted octanol–water partition coefficient (Wildman–Crippen LogP) is 4.01. The molecule has 0 N–H and O–H groups in total. The van der Waals surface area contributed by atoms with Gasteiger partial charge in [-0.25, -0.2) is 0 Å². The first-order valence-corrected chi connectivity index (χ1v) is 7.47. The average molecular weight is 321 g/mol. The molecule has 0 bridgehead atoms. The Kier molecular flexibility index (Phi) is 4.99. The minimum absolute atomic E-state index is 0.0939. The van der Waals surface area contributed by atoms with Crippen molar-refractivity contribution in [3.63, 3.8) is 0 Å². The second-order valence-electron chi connectivity index (χ2n) is 5.13. The van der Waals surface area contributed by atoms with E-state index in [-0.39, 0.29) is 5.91 Å². The summed E-state index contributed by atoms with van der Waals surface area (Å²) in [5.74, 6) is 0.640. The number of halogens is 3. The standard InChI is InChI=1S/C14H16Cl3NO/c1-18(8-10-4-11(15)5-10)14(19)7-9-2-3-12(16)13(17)6-9/h2-3,6,10-11H,4-5,7-8H2,1H3. The second kappa shape index (κ2) is 6.34. The summed E-state index contributed by atoms with van der Waals surface area (Å²) in [5, 5.41) is 1.29. The maximum atomic E-state index is 12.1. The molecule has 0 aliphatic heterocycles. The van der Waals surface area contributed by atoms with E-state index >= 15 is 0 Å². The van der Waals surface area contributed by atoms with Crippen molar-refractivity contribution in [1.82, 2.24) is 4.90 Å². The van der Waals surface area contributed by atoms with Crippen LogP contribution in [0.15, 0.2) is 18.2 Å². The third-order valence-corrected chi connectivity index (χ3v) is 4.57. The first-order chi connectivity index (χ1) is 8.95. The van der Waals surface area contributed by atoms with Crippen LogP contribution in [0, 0.1) is 5.92 Å². The SMILES string of the molecule is CN(CC1CC(Cl)C1)C(=O)Cc1ccc(Cl)c(Cl)c1. The van der Waals surface area contributed by atoms with Crippen LogP contribution < -0.4 is 0 Å². The van der Waals surface area contributed by atoms with Crippen molar-refractivity contribution in [3.8, 4) is 0 Å². The first-order valence-electron chi connectivity index (χ1n) is 6.27. The molecule has 5 heteroatoms. The molecule has 0 unspecified atom stereocenters. The van der Waals surface area contributed by atoms with Gasteiger partial charge in [0.05, 0.1) is 16.5 Å². The molecule has 1 saturated carbocycles. The van der Waals surface area contributed by atoms with Crippen molar-refractivity contribution in [3.05, 3.63) is 33.8 Å². The van der Waals surface area contributed by atoms with Crippen molar-refractivity contribution in [2.75, 3.05) is 13.6 Å². The quantitative estimate of drug-likeness (QED) is 0.768. The zero-order valence-electron chi connectivity index (χ0n) is 10.7. The summed E-state index contributed by atoms with van der Waals surface area (Å²) in [6, 6.07) is 5.29. The van der Waals surface area contributed by atoms with Gasteiger partial charge in [0.2, 0.25) is 5.91 Å². The Morgan fingerprint density at radius 1 is 1.32 bits per heavy atom. The molecule has 0 spiro atoms. The van der Waals surface area contributed by atoms with E-state index in [0.717, 1.165) is 24.9 Å². The van der Waals surface area contributed by atoms with Crippen LogP contribution in [0.4, 0.5) is 0 Å². The molecule has 2 nitrogen and oxygen atoms in total. The lowest BCUT2D eigenvalue weighted by molar-refractivity contribution is -0.130. The maximum absolute atomic E-state index is 12.1. The molecule has 1 aliphatic carbocycles. The maximum Gasteiger partial charge on any atom is 0.226 e. The van der Waals surface area contributed by atoms with Crippen LogP contribution in [0.3, 0.4) is 0 Å². The van der Waals surface area contributed by atoms with Gasteiger partial charge in [-0.15, -0.1) is 11.6 Å². The highest BCUT2D eigenvalue weighted by atomic mass is 35.5. The Hall–Kier alpha value is -0.440. The molecule has 19 heavy (non-hydrogen) atoms. The van der Waals surface area contributed by atoms with Crippen molar-refractivity contribution >= 4 is 40.7 Å². The van der Waals surface area contributed by atoms with Crippen molar-refractivity contribution in [2.45, 2.75) is 24.6 Å². The van der Waals surface area contributed by atoms with Crippen LogP contribution in [-0.2, 0) is 11.2 Å². The van der Waals surface area contributed by atoms with E-state index in [2.05, 4.69) is 0 Å². The number of carbonyl (C=O) groups is 1. The minimum atomic E-state index is 0.0939. The summed E-state index contributed by atoms with van der Waals surface area (Å²) >= 11 is 17.7. The van der Waals surface area contributed by atoms with E-state index in [1.165, 1.54) is 0 Å². The third kappa shape index (κ3) is 4.01. The molecule has 1 fully saturated rings. The van der Waals surface area contributed by atoms with E-state index in [4.69, 9.17) is 34.8 Å². The molecular formula is C14H16Cl3NO. The number of rotatable bonds is 4. The zero-order valence-corrected chi connectivity index (χ0v) is 13.0. The van der Waals surface area contributed by atoms with Gasteiger partial charge in [-0.3, -0.25) is 4.79 Å². The van der Waals surface area contributed by atoms with Crippen LogP contribution in [0.1, 0.15) is 18.4 Å². The van der Waals surface area contributed by atoms with Gasteiger partial charge in [0.15, 0.2) is 0 Å². The highest BCUT2D eigenvalue weighted by Crippen LogP contribution is 2.32. The summed E-state index contributed by atoms with van der Waals surface area (Å²) in [6.45, 7) is 0.781. The van der Waals surface area contributed by atoms with Crippen LogP contribution in [0.5, 0.6) is 0 Å². The molecule has 1 aromatic carbocycles. The Morgan fingerprint density at radius 2 is 2.00 bits per heavy atom. The summed E-state index contributed by atoms with van der Waals surface area (Å²) in [5.41, 5.74) is 0.884. The molecule has 2 rings (SSSR count). The smallest absolute Gasteiger partial charge is 0.226 e. The molecule has 0 radical (unpaired) electrons. The molecule has 0 heterocycles. The van der Waals surface area contributed by atoms with Gasteiger partial charge < -0.3 is 4.90 Å². The molecular weight excluding hydrogens is 305 g/mol. The van der Waals surface area contributed by atoms with Crippen LogP contribution in [0.25, 0.3) is 0 Å². The fraction of sp³-hybridized carbons (Fsp3) is 0.500. The van der Waals surface area contributed by atoms with Crippen molar-refractivity contribution in [2.24, 2.45) is 5.92 Å². The number of hydrogen-bond donors (Lipinski definition) is 0. The minimum Gasteiger partial charge on any atom is -0.345 e. The summed E-state index contributed by atoms with van der Waals surface area (Å²) in [4.78, 5) is 13.9. The summed E-state index contributed by atoms with van der Waals surface area (Å²) < 4.78 is 0. The Morgan fingerprint density at radius 3 is 2.58 bits per heavy atom. The van der Waals surface area contributed by atoms with E-state index in [1.807, 2.05) is 13.1 Å². The lowest BCUT2D eigenvalue weighted by Gasteiger charge is -2.34. The number of alkyl halides is 1. The largest absolute Gasteiger partial charge is 0.345 e. The summed E-state index contributed by atoms with van der Waals surface area (Å²) in [7, 11) is 1.83. The molecule has 0 aromatic heterocycles. The number of nitrogens with zero attached hydrogens (tertiary/aromatic N) is 1. The number of likely N-dealkylation sites (N-methyl/N-ethyl adjacent to an activating group) is 1. The van der Waals surface area contributed by atoms with E-state index in [1.54, 1.807) is 17.0 Å². The normalized spacial score (nSPS) is 21.9. The highest BCUT2D eigenvalue weighted by Gasteiger charge is 2.29. The van der Waals surface area contributed by atoms with Gasteiger partial charge in [-0.2, -0.15) is 0 Å². The molecule has 0 saturated heterocycles. The zero-order chi connectivity index (χ0) is 14.0. The summed E-state index contributed by atoms with van der Waals surface area (Å²) in [6.07, 6.45) is 2.36. The second-order valence-corrected chi connectivity index (χ2v) is 6.57. The fourth-order valence-electron chi connectivity index (χ4n) is 2.25. The fourth-order valence-corrected chi connectivity index (χ4v) is 3.08. The molecule has 0 atom stereocenters. The van der Waals surface area contributed by atoms with Gasteiger partial charge >= 0.3 is 0 Å². The average Bonchev–Trinajstić information content (AvgIpc) is 2.31. The first kappa shape index (κ1) is 15.0. The molecule has 104 valence electrons. The van der Waals surface area contributed by atoms with Gasteiger partial charge in [-0.1, -0.05) is 29.3 Å². The lowest BCUT2D eigenvalue weighted by atomic mass is 9.84. The Bertz CT molecular complexity index is 472. The lowest BCUT2D eigenvalue weighted by Crippen LogP contribution is -2.38. The van der Waals surface area contributed by atoms with E-state index in [9.17, 15) is 4.79 Å². The monoisotopic (exact) mass is 319 g/mol. The molecule has 1 aromatic rings. The predicted molar refractivity (Wildman–Crippen MR) is 80.2 cm³/mol. The van der Waals surface area contributed by atoms with Gasteiger partial charge in [-0.05, 0) is 36.5 Å². The molecule has 1 amide bonds. The van der Waals surface area contributed by atoms with Gasteiger partial charge in [0, 0.05) is 19.0 Å². The van der Waals surface area contributed by atoms with Crippen molar-refractivity contribution < 1.29 is 4.79 Å². The number of amides is 1. The van der Waals surface area contributed by atoms with Crippen LogP contribution in [0.2, 0.25) is 10.0 Å². The number of benzene rings is 1. The van der Waals surface area contributed by atoms with Gasteiger partial charge in [0.1, 0.15) is 0 Å². The number of carbonyl (C=O) groups excluding carboxylic acids is 1. The number of hydrogen-bond acceptors (Lipinski definition) is 1. The Balaban J connectivity index is 1.87. The molecule has 1 aliphatic rings. The van der Waals surface area contributed by atoms with Gasteiger partial charge in [0.25, 0.3) is 0 Å². The van der Waals surface area contributed by atoms with E-state index in [0.29, 0.717) is 27.8 Å². The topological polar surface area (TPSA) is 20.3 Å².